The smallest absolute Gasteiger partial charge is 0.347 e. The predicted molar refractivity (Wildman–Crippen MR) is 86.7 cm³/mol. The van der Waals surface area contributed by atoms with Crippen molar-refractivity contribution in [2.75, 3.05) is 5.32 Å². The van der Waals surface area contributed by atoms with E-state index in [-0.39, 0.29) is 6.04 Å². The molecule has 1 aromatic heterocycles. The normalized spacial score (nSPS) is 26.1. The van der Waals surface area contributed by atoms with Gasteiger partial charge in [-0.3, -0.25) is 0 Å². The van der Waals surface area contributed by atoms with Crippen molar-refractivity contribution in [3.8, 4) is 0 Å². The fourth-order valence-electron chi connectivity index (χ4n) is 3.94. The Hall–Kier alpha value is -1.88. The van der Waals surface area contributed by atoms with E-state index >= 15 is 0 Å². The number of thiazole rings is 1. The largest absolute Gasteiger partial charge is 0.477 e. The molecule has 1 saturated carbocycles. The number of rotatable bonds is 2. The number of carboxylic acid groups (broad SMARTS) is 1. The topological polar surface area (TPSA) is 62.2 Å². The molecule has 4 nitrogen and oxygen atoms in total. The summed E-state index contributed by atoms with van der Waals surface area (Å²) in [5.41, 5.74) is 3.91. The van der Waals surface area contributed by atoms with Crippen LogP contribution in [0.2, 0.25) is 0 Å². The third-order valence-electron chi connectivity index (χ3n) is 4.92. The Balaban J connectivity index is 1.74. The van der Waals surface area contributed by atoms with Crippen LogP contribution in [0.25, 0.3) is 0 Å². The van der Waals surface area contributed by atoms with Gasteiger partial charge in [0, 0.05) is 5.69 Å². The van der Waals surface area contributed by atoms with Gasteiger partial charge in [-0.25, -0.2) is 9.78 Å². The number of carbonyl (C=O) groups is 1. The van der Waals surface area contributed by atoms with E-state index in [1.54, 1.807) is 0 Å². The van der Waals surface area contributed by atoms with Gasteiger partial charge in [0.25, 0.3) is 0 Å². The molecule has 2 N–H and O–H groups in total. The number of aromatic nitrogens is 1. The molecule has 0 amide bonds. The highest BCUT2D eigenvalue weighted by Crippen LogP contribution is 2.53. The number of aromatic carboxylic acids is 1. The van der Waals surface area contributed by atoms with Gasteiger partial charge >= 0.3 is 5.97 Å². The highest BCUT2D eigenvalue weighted by molar-refractivity contribution is 7.13. The maximum atomic E-state index is 11.1. The molecule has 2 aliphatic rings. The van der Waals surface area contributed by atoms with Gasteiger partial charge in [-0.15, -0.1) is 11.3 Å². The first-order valence-corrected chi connectivity index (χ1v) is 8.51. The third kappa shape index (κ3) is 2.11. The average molecular weight is 314 g/mol. The Morgan fingerprint density at radius 1 is 1.41 bits per heavy atom. The monoisotopic (exact) mass is 314 g/mol. The van der Waals surface area contributed by atoms with Crippen LogP contribution >= 0.6 is 11.3 Å². The van der Waals surface area contributed by atoms with Crippen molar-refractivity contribution in [3.05, 3.63) is 45.4 Å². The Bertz CT molecular complexity index is 740. The zero-order valence-corrected chi connectivity index (χ0v) is 13.2. The van der Waals surface area contributed by atoms with Crippen molar-refractivity contribution in [3.63, 3.8) is 0 Å². The van der Waals surface area contributed by atoms with Crippen molar-refractivity contribution < 1.29 is 9.90 Å². The molecule has 1 aliphatic carbocycles. The van der Waals surface area contributed by atoms with Crippen LogP contribution in [0, 0.1) is 12.8 Å². The van der Waals surface area contributed by atoms with E-state index in [0.29, 0.717) is 16.7 Å². The number of nitrogens with one attached hydrogen (secondary N) is 1. The minimum atomic E-state index is -0.890. The van der Waals surface area contributed by atoms with E-state index in [0.717, 1.165) is 5.01 Å². The minimum absolute atomic E-state index is 0.140. The van der Waals surface area contributed by atoms with E-state index in [9.17, 15) is 4.79 Å². The lowest BCUT2D eigenvalue weighted by Crippen LogP contribution is -2.28. The predicted octanol–water partition coefficient (Wildman–Crippen LogP) is 4.20. The molecule has 114 valence electrons. The SMILES string of the molecule is Cc1ccc2c(c1)[C@@H]1CCC[C@@H]1[C@H](c1ncc(C(=O)O)s1)N2. The summed E-state index contributed by atoms with van der Waals surface area (Å²) in [6.45, 7) is 2.14. The average Bonchev–Trinajstić information content (AvgIpc) is 3.16. The van der Waals surface area contributed by atoms with Gasteiger partial charge in [0.15, 0.2) is 0 Å². The Kier molecular flexibility index (Phi) is 3.18. The fourth-order valence-corrected chi connectivity index (χ4v) is 4.83. The summed E-state index contributed by atoms with van der Waals surface area (Å²) in [5.74, 6) is 0.193. The summed E-state index contributed by atoms with van der Waals surface area (Å²) in [4.78, 5) is 15.8. The van der Waals surface area contributed by atoms with Crippen molar-refractivity contribution in [1.29, 1.82) is 0 Å². The molecule has 2 aromatic rings. The maximum Gasteiger partial charge on any atom is 0.347 e. The minimum Gasteiger partial charge on any atom is -0.477 e. The highest BCUT2D eigenvalue weighted by Gasteiger charge is 2.41. The molecule has 2 heterocycles. The number of hydrogen-bond donors (Lipinski definition) is 2. The summed E-state index contributed by atoms with van der Waals surface area (Å²) >= 11 is 1.30. The number of carboxylic acids is 1. The summed E-state index contributed by atoms with van der Waals surface area (Å²) in [7, 11) is 0. The molecule has 1 aliphatic heterocycles. The number of anilines is 1. The van der Waals surface area contributed by atoms with Gasteiger partial charge in [0.2, 0.25) is 0 Å². The van der Waals surface area contributed by atoms with Gasteiger partial charge in [-0.1, -0.05) is 24.1 Å². The fraction of sp³-hybridized carbons (Fsp3) is 0.412. The molecule has 1 aromatic carbocycles. The van der Waals surface area contributed by atoms with Crippen LogP contribution in [0.4, 0.5) is 5.69 Å². The van der Waals surface area contributed by atoms with E-state index in [1.807, 2.05) is 0 Å². The van der Waals surface area contributed by atoms with Crippen molar-refractivity contribution >= 4 is 23.0 Å². The molecule has 0 radical (unpaired) electrons. The lowest BCUT2D eigenvalue weighted by molar-refractivity contribution is 0.0702. The van der Waals surface area contributed by atoms with Crippen molar-refractivity contribution in [2.24, 2.45) is 5.92 Å². The summed E-state index contributed by atoms with van der Waals surface area (Å²) in [5, 5.41) is 13.6. The second-order valence-corrected chi connectivity index (χ2v) is 7.34. The first kappa shape index (κ1) is 13.8. The number of benzene rings is 1. The number of fused-ring (bicyclic) bond motifs is 3. The van der Waals surface area contributed by atoms with E-state index < -0.39 is 5.97 Å². The highest BCUT2D eigenvalue weighted by atomic mass is 32.1. The van der Waals surface area contributed by atoms with E-state index in [1.165, 1.54) is 53.6 Å². The van der Waals surface area contributed by atoms with Gasteiger partial charge in [0.1, 0.15) is 9.88 Å². The van der Waals surface area contributed by atoms with Gasteiger partial charge in [0.05, 0.1) is 12.2 Å². The standard InChI is InChI=1S/C17H18N2O2S/c1-9-5-6-13-12(7-9)10-3-2-4-11(10)15(19-13)16-18-8-14(22-16)17(20)21/h5-8,10-11,15,19H,2-4H2,1H3,(H,20,21)/t10-,11+,15-/m1/s1. The number of hydrogen-bond acceptors (Lipinski definition) is 4. The molecule has 0 unspecified atom stereocenters. The summed E-state index contributed by atoms with van der Waals surface area (Å²) < 4.78 is 0. The molecule has 0 saturated heterocycles. The maximum absolute atomic E-state index is 11.1. The Morgan fingerprint density at radius 3 is 3.05 bits per heavy atom. The second-order valence-electron chi connectivity index (χ2n) is 6.28. The van der Waals surface area contributed by atoms with Crippen LogP contribution in [0.15, 0.2) is 24.4 Å². The molecule has 5 heteroatoms. The molecule has 4 rings (SSSR count). The molecule has 22 heavy (non-hydrogen) atoms. The lowest BCUT2D eigenvalue weighted by Gasteiger charge is -2.36. The van der Waals surface area contributed by atoms with Crippen LogP contribution in [0.5, 0.6) is 0 Å². The zero-order chi connectivity index (χ0) is 15.3. The second kappa shape index (κ2) is 5.09. The van der Waals surface area contributed by atoms with Crippen molar-refractivity contribution in [1.82, 2.24) is 4.98 Å². The third-order valence-corrected chi connectivity index (χ3v) is 5.98. The zero-order valence-electron chi connectivity index (χ0n) is 12.4. The van der Waals surface area contributed by atoms with Crippen LogP contribution < -0.4 is 5.32 Å². The van der Waals surface area contributed by atoms with Crippen LogP contribution in [-0.4, -0.2) is 16.1 Å². The Morgan fingerprint density at radius 2 is 2.27 bits per heavy atom. The van der Waals surface area contributed by atoms with Gasteiger partial charge in [-0.05, 0) is 43.2 Å². The van der Waals surface area contributed by atoms with Crippen LogP contribution in [0.3, 0.4) is 0 Å². The van der Waals surface area contributed by atoms with Gasteiger partial charge in [-0.2, -0.15) is 0 Å². The number of aryl methyl sites for hydroxylation is 1. The summed E-state index contributed by atoms with van der Waals surface area (Å²) in [6.07, 6.45) is 5.12. The summed E-state index contributed by atoms with van der Waals surface area (Å²) in [6, 6.07) is 6.72. The molecule has 0 spiro atoms. The van der Waals surface area contributed by atoms with Crippen LogP contribution in [-0.2, 0) is 0 Å². The van der Waals surface area contributed by atoms with E-state index in [2.05, 4.69) is 35.4 Å². The van der Waals surface area contributed by atoms with Gasteiger partial charge < -0.3 is 10.4 Å². The molecule has 3 atom stereocenters. The number of nitrogens with zero attached hydrogens (tertiary/aromatic N) is 1. The quantitative estimate of drug-likeness (QED) is 0.872. The molecular weight excluding hydrogens is 296 g/mol. The molecule has 0 bridgehead atoms. The lowest BCUT2D eigenvalue weighted by atomic mass is 9.79. The first-order chi connectivity index (χ1) is 10.6. The van der Waals surface area contributed by atoms with E-state index in [4.69, 9.17) is 5.11 Å². The molecule has 1 fully saturated rings. The van der Waals surface area contributed by atoms with Crippen LogP contribution in [0.1, 0.15) is 57.0 Å². The Labute approximate surface area is 133 Å². The van der Waals surface area contributed by atoms with Crippen molar-refractivity contribution in [2.45, 2.75) is 38.1 Å². The molecular formula is C17H18N2O2S. The first-order valence-electron chi connectivity index (χ1n) is 7.69.